The van der Waals surface area contributed by atoms with Crippen LogP contribution in [0.4, 0.5) is 0 Å². The van der Waals surface area contributed by atoms with Crippen LogP contribution in [0.1, 0.15) is 65.2 Å². The molecule has 1 N–H and O–H groups in total. The number of carbonyl (C=O) groups is 1. The van der Waals surface area contributed by atoms with Crippen molar-refractivity contribution in [2.75, 3.05) is 6.61 Å². The number of ether oxygens (including phenoxy) is 2. The standard InChI is InChI=1S/C24H31NO3/c1-5-27-22-11-10-19(24(26)25-21-8-6-7-9-21)14-20(22)15-28-23-13-16(2)12-17(3)18(23)4/h10-14,21H,5-9,15H2,1-4H3,(H,25,26). The molecule has 4 heteroatoms. The molecule has 1 fully saturated rings. The van der Waals surface area contributed by atoms with Crippen molar-refractivity contribution >= 4 is 5.91 Å². The summed E-state index contributed by atoms with van der Waals surface area (Å²) in [6.07, 6.45) is 4.54. The van der Waals surface area contributed by atoms with E-state index in [1.807, 2.05) is 25.1 Å². The molecule has 1 amide bonds. The summed E-state index contributed by atoms with van der Waals surface area (Å²) in [6, 6.07) is 10.1. The van der Waals surface area contributed by atoms with Crippen molar-refractivity contribution in [3.63, 3.8) is 0 Å². The molecule has 0 bridgehead atoms. The predicted molar refractivity (Wildman–Crippen MR) is 112 cm³/mol. The summed E-state index contributed by atoms with van der Waals surface area (Å²) in [5.41, 5.74) is 5.07. The molecule has 0 spiro atoms. The van der Waals surface area contributed by atoms with E-state index in [0.717, 1.165) is 35.5 Å². The highest BCUT2D eigenvalue weighted by Gasteiger charge is 2.19. The molecule has 0 aromatic heterocycles. The van der Waals surface area contributed by atoms with E-state index < -0.39 is 0 Å². The minimum atomic E-state index is -0.0150. The molecular formula is C24H31NO3. The molecule has 2 aromatic carbocycles. The first kappa shape index (κ1) is 20.2. The Hall–Kier alpha value is -2.49. The van der Waals surface area contributed by atoms with Gasteiger partial charge in [0.15, 0.2) is 0 Å². The number of aryl methyl sites for hydroxylation is 2. The van der Waals surface area contributed by atoms with Crippen LogP contribution in [-0.4, -0.2) is 18.6 Å². The minimum absolute atomic E-state index is 0.0150. The SMILES string of the molecule is CCOc1ccc(C(=O)NC2CCCC2)cc1COc1cc(C)cc(C)c1C. The van der Waals surface area contributed by atoms with Gasteiger partial charge in [-0.05, 0) is 81.5 Å². The quantitative estimate of drug-likeness (QED) is 0.711. The van der Waals surface area contributed by atoms with Crippen LogP contribution in [0, 0.1) is 20.8 Å². The molecular weight excluding hydrogens is 350 g/mol. The Morgan fingerprint density at radius 2 is 1.79 bits per heavy atom. The summed E-state index contributed by atoms with van der Waals surface area (Å²) in [7, 11) is 0. The first-order valence-corrected chi connectivity index (χ1v) is 10.2. The van der Waals surface area contributed by atoms with Crippen LogP contribution in [0.25, 0.3) is 0 Å². The molecule has 0 aliphatic heterocycles. The number of amides is 1. The lowest BCUT2D eigenvalue weighted by Gasteiger charge is -2.16. The normalized spacial score (nSPS) is 14.1. The largest absolute Gasteiger partial charge is 0.493 e. The van der Waals surface area contributed by atoms with Crippen LogP contribution in [-0.2, 0) is 6.61 Å². The molecule has 0 heterocycles. The minimum Gasteiger partial charge on any atom is -0.493 e. The average molecular weight is 382 g/mol. The molecule has 150 valence electrons. The van der Waals surface area contributed by atoms with Gasteiger partial charge in [-0.1, -0.05) is 18.9 Å². The van der Waals surface area contributed by atoms with Crippen molar-refractivity contribution in [2.24, 2.45) is 0 Å². The number of carbonyl (C=O) groups excluding carboxylic acids is 1. The smallest absolute Gasteiger partial charge is 0.251 e. The van der Waals surface area contributed by atoms with Crippen molar-refractivity contribution in [2.45, 2.75) is 66.0 Å². The maximum absolute atomic E-state index is 12.6. The maximum Gasteiger partial charge on any atom is 0.251 e. The van der Waals surface area contributed by atoms with Crippen molar-refractivity contribution in [1.82, 2.24) is 5.32 Å². The van der Waals surface area contributed by atoms with E-state index in [1.54, 1.807) is 0 Å². The zero-order chi connectivity index (χ0) is 20.1. The van der Waals surface area contributed by atoms with Crippen LogP contribution in [0.5, 0.6) is 11.5 Å². The number of hydrogen-bond donors (Lipinski definition) is 1. The molecule has 0 unspecified atom stereocenters. The third-order valence-corrected chi connectivity index (χ3v) is 5.46. The third kappa shape index (κ3) is 4.86. The third-order valence-electron chi connectivity index (χ3n) is 5.46. The van der Waals surface area contributed by atoms with E-state index >= 15 is 0 Å². The van der Waals surface area contributed by atoms with Gasteiger partial charge < -0.3 is 14.8 Å². The van der Waals surface area contributed by atoms with Gasteiger partial charge >= 0.3 is 0 Å². The highest BCUT2D eigenvalue weighted by atomic mass is 16.5. The van der Waals surface area contributed by atoms with Crippen LogP contribution in [0.2, 0.25) is 0 Å². The molecule has 28 heavy (non-hydrogen) atoms. The van der Waals surface area contributed by atoms with Gasteiger partial charge in [0, 0.05) is 17.2 Å². The van der Waals surface area contributed by atoms with Crippen molar-refractivity contribution in [3.8, 4) is 11.5 Å². The van der Waals surface area contributed by atoms with Crippen LogP contribution < -0.4 is 14.8 Å². The highest BCUT2D eigenvalue weighted by Crippen LogP contribution is 2.27. The Labute approximate surface area is 168 Å². The van der Waals surface area contributed by atoms with E-state index in [-0.39, 0.29) is 5.91 Å². The van der Waals surface area contributed by atoms with Crippen molar-refractivity contribution in [1.29, 1.82) is 0 Å². The molecule has 3 rings (SSSR count). The van der Waals surface area contributed by atoms with Gasteiger partial charge in [-0.3, -0.25) is 4.79 Å². The molecule has 0 saturated heterocycles. The van der Waals surface area contributed by atoms with E-state index in [4.69, 9.17) is 9.47 Å². The van der Waals surface area contributed by atoms with Gasteiger partial charge in [-0.15, -0.1) is 0 Å². The molecule has 1 saturated carbocycles. The summed E-state index contributed by atoms with van der Waals surface area (Å²) >= 11 is 0. The van der Waals surface area contributed by atoms with E-state index in [2.05, 4.69) is 38.2 Å². The molecule has 4 nitrogen and oxygen atoms in total. The Morgan fingerprint density at radius 3 is 2.50 bits per heavy atom. The fraction of sp³-hybridized carbons (Fsp3) is 0.458. The van der Waals surface area contributed by atoms with Crippen LogP contribution in [0.15, 0.2) is 30.3 Å². The Balaban J connectivity index is 1.78. The van der Waals surface area contributed by atoms with Crippen LogP contribution >= 0.6 is 0 Å². The number of nitrogens with one attached hydrogen (secondary N) is 1. The topological polar surface area (TPSA) is 47.6 Å². The zero-order valence-corrected chi connectivity index (χ0v) is 17.4. The van der Waals surface area contributed by atoms with Gasteiger partial charge in [-0.25, -0.2) is 0 Å². The lowest BCUT2D eigenvalue weighted by Crippen LogP contribution is -2.32. The van der Waals surface area contributed by atoms with Gasteiger partial charge in [0.2, 0.25) is 0 Å². The second kappa shape index (κ2) is 9.13. The Morgan fingerprint density at radius 1 is 1.04 bits per heavy atom. The van der Waals surface area contributed by atoms with Crippen LogP contribution in [0.3, 0.4) is 0 Å². The summed E-state index contributed by atoms with van der Waals surface area (Å²) in [5.74, 6) is 1.63. The van der Waals surface area contributed by atoms with Gasteiger partial charge in [0.25, 0.3) is 5.91 Å². The number of hydrogen-bond acceptors (Lipinski definition) is 3. The number of benzene rings is 2. The molecule has 1 aliphatic rings. The maximum atomic E-state index is 12.6. The second-order valence-corrected chi connectivity index (χ2v) is 7.70. The Bertz CT molecular complexity index is 838. The molecule has 0 radical (unpaired) electrons. The van der Waals surface area contributed by atoms with E-state index in [9.17, 15) is 4.79 Å². The summed E-state index contributed by atoms with van der Waals surface area (Å²) in [5, 5.41) is 3.15. The number of rotatable bonds is 7. The fourth-order valence-corrected chi connectivity index (χ4v) is 3.77. The lowest BCUT2D eigenvalue weighted by atomic mass is 10.1. The molecule has 0 atom stereocenters. The highest BCUT2D eigenvalue weighted by molar-refractivity contribution is 5.94. The lowest BCUT2D eigenvalue weighted by molar-refractivity contribution is 0.0937. The zero-order valence-electron chi connectivity index (χ0n) is 17.4. The van der Waals surface area contributed by atoms with Crippen molar-refractivity contribution < 1.29 is 14.3 Å². The van der Waals surface area contributed by atoms with E-state index in [1.165, 1.54) is 24.0 Å². The monoisotopic (exact) mass is 381 g/mol. The Kier molecular flexibility index (Phi) is 6.61. The molecule has 2 aromatic rings. The first-order chi connectivity index (χ1) is 13.5. The molecule has 1 aliphatic carbocycles. The first-order valence-electron chi connectivity index (χ1n) is 10.2. The second-order valence-electron chi connectivity index (χ2n) is 7.70. The summed E-state index contributed by atoms with van der Waals surface area (Å²) < 4.78 is 11.9. The van der Waals surface area contributed by atoms with Crippen molar-refractivity contribution in [3.05, 3.63) is 58.1 Å². The van der Waals surface area contributed by atoms with E-state index in [0.29, 0.717) is 24.8 Å². The van der Waals surface area contributed by atoms with Gasteiger partial charge in [-0.2, -0.15) is 0 Å². The van der Waals surface area contributed by atoms with Gasteiger partial charge in [0.05, 0.1) is 6.61 Å². The fourth-order valence-electron chi connectivity index (χ4n) is 3.77. The van der Waals surface area contributed by atoms with Gasteiger partial charge in [0.1, 0.15) is 18.1 Å². The predicted octanol–water partition coefficient (Wildman–Crippen LogP) is 5.26. The average Bonchev–Trinajstić information content (AvgIpc) is 3.17. The summed E-state index contributed by atoms with van der Waals surface area (Å²) in [4.78, 5) is 12.6. The summed E-state index contributed by atoms with van der Waals surface area (Å²) in [6.45, 7) is 9.12.